The Morgan fingerprint density at radius 3 is 2.76 bits per heavy atom. The molecular formula is C14H19BrFN. The Hall–Kier alpha value is -0.410. The summed E-state index contributed by atoms with van der Waals surface area (Å²) in [5.41, 5.74) is 1.13. The van der Waals surface area contributed by atoms with Gasteiger partial charge in [0, 0.05) is 10.5 Å². The first-order valence-electron chi connectivity index (χ1n) is 6.35. The van der Waals surface area contributed by atoms with E-state index in [2.05, 4.69) is 28.2 Å². The van der Waals surface area contributed by atoms with Gasteiger partial charge >= 0.3 is 0 Å². The van der Waals surface area contributed by atoms with Crippen LogP contribution in [0, 0.1) is 11.7 Å². The second-order valence-corrected chi connectivity index (χ2v) is 5.80. The normalized spacial score (nSPS) is 18.5. The van der Waals surface area contributed by atoms with Crippen molar-refractivity contribution in [1.82, 2.24) is 5.32 Å². The van der Waals surface area contributed by atoms with Gasteiger partial charge in [-0.05, 0) is 49.9 Å². The van der Waals surface area contributed by atoms with Gasteiger partial charge in [0.1, 0.15) is 5.82 Å². The summed E-state index contributed by atoms with van der Waals surface area (Å²) in [5, 5.41) is 3.55. The first-order chi connectivity index (χ1) is 8.16. The van der Waals surface area contributed by atoms with Crippen LogP contribution in [0.15, 0.2) is 22.7 Å². The van der Waals surface area contributed by atoms with E-state index in [1.165, 1.54) is 37.8 Å². The van der Waals surface area contributed by atoms with Crippen molar-refractivity contribution in [2.45, 2.75) is 38.6 Å². The van der Waals surface area contributed by atoms with E-state index in [0.29, 0.717) is 0 Å². The third kappa shape index (κ3) is 3.52. The van der Waals surface area contributed by atoms with E-state index < -0.39 is 0 Å². The fraction of sp³-hybridized carbons (Fsp3) is 0.571. The van der Waals surface area contributed by atoms with Gasteiger partial charge in [0.15, 0.2) is 0 Å². The maximum absolute atomic E-state index is 13.0. The van der Waals surface area contributed by atoms with Crippen LogP contribution in [0.2, 0.25) is 0 Å². The lowest BCUT2D eigenvalue weighted by atomic mass is 10.1. The predicted molar refractivity (Wildman–Crippen MR) is 72.5 cm³/mol. The van der Waals surface area contributed by atoms with Gasteiger partial charge in [-0.1, -0.05) is 34.8 Å². The third-order valence-electron chi connectivity index (χ3n) is 3.62. The Kier molecular flexibility index (Phi) is 4.57. The van der Waals surface area contributed by atoms with Crippen molar-refractivity contribution < 1.29 is 4.39 Å². The summed E-state index contributed by atoms with van der Waals surface area (Å²) < 4.78 is 13.8. The van der Waals surface area contributed by atoms with Gasteiger partial charge in [-0.25, -0.2) is 4.39 Å². The summed E-state index contributed by atoms with van der Waals surface area (Å²) in [4.78, 5) is 0. The highest BCUT2D eigenvalue weighted by molar-refractivity contribution is 9.10. The van der Waals surface area contributed by atoms with Crippen LogP contribution in [0.3, 0.4) is 0 Å². The monoisotopic (exact) mass is 299 g/mol. The van der Waals surface area contributed by atoms with E-state index in [-0.39, 0.29) is 11.9 Å². The molecule has 1 fully saturated rings. The molecule has 0 spiro atoms. The zero-order chi connectivity index (χ0) is 12.3. The van der Waals surface area contributed by atoms with Crippen molar-refractivity contribution in [2.75, 3.05) is 6.54 Å². The highest BCUT2D eigenvalue weighted by Crippen LogP contribution is 2.27. The van der Waals surface area contributed by atoms with Crippen LogP contribution in [-0.4, -0.2) is 6.54 Å². The maximum atomic E-state index is 13.0. The van der Waals surface area contributed by atoms with E-state index >= 15 is 0 Å². The molecule has 1 N–H and O–H groups in total. The Labute approximate surface area is 111 Å². The summed E-state index contributed by atoms with van der Waals surface area (Å²) in [6.45, 7) is 3.21. The highest BCUT2D eigenvalue weighted by Gasteiger charge is 2.16. The number of rotatable bonds is 4. The number of nitrogens with one attached hydrogen (secondary N) is 1. The van der Waals surface area contributed by atoms with E-state index in [1.54, 1.807) is 0 Å². The molecule has 0 saturated heterocycles. The van der Waals surface area contributed by atoms with Gasteiger partial charge < -0.3 is 5.32 Å². The van der Waals surface area contributed by atoms with Crippen molar-refractivity contribution in [1.29, 1.82) is 0 Å². The van der Waals surface area contributed by atoms with Crippen molar-refractivity contribution in [3.8, 4) is 0 Å². The van der Waals surface area contributed by atoms with Crippen molar-refractivity contribution >= 4 is 15.9 Å². The van der Waals surface area contributed by atoms with Crippen LogP contribution in [0.25, 0.3) is 0 Å². The molecule has 1 aromatic rings. The molecule has 0 aromatic heterocycles. The van der Waals surface area contributed by atoms with Crippen molar-refractivity contribution in [2.24, 2.45) is 5.92 Å². The molecule has 0 bridgehead atoms. The zero-order valence-corrected chi connectivity index (χ0v) is 11.8. The molecule has 0 radical (unpaired) electrons. The molecule has 2 rings (SSSR count). The minimum atomic E-state index is -0.191. The van der Waals surface area contributed by atoms with E-state index in [1.807, 2.05) is 6.07 Å². The minimum Gasteiger partial charge on any atom is -0.310 e. The highest BCUT2D eigenvalue weighted by atomic mass is 79.9. The van der Waals surface area contributed by atoms with Crippen molar-refractivity contribution in [3.05, 3.63) is 34.1 Å². The molecule has 1 aliphatic carbocycles. The van der Waals surface area contributed by atoms with E-state index in [4.69, 9.17) is 0 Å². The lowest BCUT2D eigenvalue weighted by Crippen LogP contribution is -2.24. The Morgan fingerprint density at radius 2 is 2.12 bits per heavy atom. The van der Waals surface area contributed by atoms with Crippen LogP contribution >= 0.6 is 15.9 Å². The smallest absolute Gasteiger partial charge is 0.124 e. The quantitative estimate of drug-likeness (QED) is 0.867. The van der Waals surface area contributed by atoms with E-state index in [0.717, 1.165) is 22.5 Å². The number of hydrogen-bond acceptors (Lipinski definition) is 1. The Bertz CT molecular complexity index is 374. The standard InChI is InChI=1S/C14H19BrFN/c1-10(17-9-11-4-2-3-5-11)13-7-6-12(16)8-14(13)15/h6-8,10-11,17H,2-5,9H2,1H3. The molecule has 3 heteroatoms. The van der Waals surface area contributed by atoms with Crippen molar-refractivity contribution in [3.63, 3.8) is 0 Å². The van der Waals surface area contributed by atoms with Crippen LogP contribution in [0.4, 0.5) is 4.39 Å². The molecule has 1 saturated carbocycles. The van der Waals surface area contributed by atoms with Crippen LogP contribution in [0.1, 0.15) is 44.2 Å². The fourth-order valence-corrected chi connectivity index (χ4v) is 3.21. The van der Waals surface area contributed by atoms with Gasteiger partial charge in [0.2, 0.25) is 0 Å². The van der Waals surface area contributed by atoms with Gasteiger partial charge in [0.05, 0.1) is 0 Å². The van der Waals surface area contributed by atoms with Crippen LogP contribution in [-0.2, 0) is 0 Å². The lowest BCUT2D eigenvalue weighted by molar-refractivity contribution is 0.451. The number of benzene rings is 1. The lowest BCUT2D eigenvalue weighted by Gasteiger charge is -2.18. The van der Waals surface area contributed by atoms with Gasteiger partial charge in [0.25, 0.3) is 0 Å². The third-order valence-corrected chi connectivity index (χ3v) is 4.30. The number of halogens is 2. The molecule has 1 aromatic carbocycles. The molecule has 0 amide bonds. The number of hydrogen-bond donors (Lipinski definition) is 1. The average molecular weight is 300 g/mol. The largest absolute Gasteiger partial charge is 0.310 e. The molecular weight excluding hydrogens is 281 g/mol. The summed E-state index contributed by atoms with van der Waals surface area (Å²) in [7, 11) is 0. The molecule has 1 unspecified atom stereocenters. The molecule has 1 nitrogen and oxygen atoms in total. The summed E-state index contributed by atoms with van der Waals surface area (Å²) in [5.74, 6) is 0.639. The minimum absolute atomic E-state index is 0.191. The summed E-state index contributed by atoms with van der Waals surface area (Å²) in [6.07, 6.45) is 5.45. The van der Waals surface area contributed by atoms with Gasteiger partial charge in [-0.3, -0.25) is 0 Å². The molecule has 0 heterocycles. The van der Waals surface area contributed by atoms with E-state index in [9.17, 15) is 4.39 Å². The first-order valence-corrected chi connectivity index (χ1v) is 7.14. The predicted octanol–water partition coefficient (Wildman–Crippen LogP) is 4.43. The second kappa shape index (κ2) is 5.96. The molecule has 1 atom stereocenters. The summed E-state index contributed by atoms with van der Waals surface area (Å²) in [6, 6.07) is 5.17. The zero-order valence-electron chi connectivity index (χ0n) is 10.2. The molecule has 17 heavy (non-hydrogen) atoms. The topological polar surface area (TPSA) is 12.0 Å². The Morgan fingerprint density at radius 1 is 1.41 bits per heavy atom. The molecule has 94 valence electrons. The summed E-state index contributed by atoms with van der Waals surface area (Å²) >= 11 is 3.42. The molecule has 1 aliphatic rings. The Balaban J connectivity index is 1.91. The van der Waals surface area contributed by atoms with Gasteiger partial charge in [-0.15, -0.1) is 0 Å². The van der Waals surface area contributed by atoms with Crippen LogP contribution < -0.4 is 5.32 Å². The first kappa shape index (κ1) is 13.0. The fourth-order valence-electron chi connectivity index (χ4n) is 2.52. The second-order valence-electron chi connectivity index (χ2n) is 4.95. The molecule has 0 aliphatic heterocycles. The maximum Gasteiger partial charge on any atom is 0.124 e. The van der Waals surface area contributed by atoms with Crippen LogP contribution in [0.5, 0.6) is 0 Å². The SMILES string of the molecule is CC(NCC1CCCC1)c1ccc(F)cc1Br. The van der Waals surface area contributed by atoms with Gasteiger partial charge in [-0.2, -0.15) is 0 Å². The average Bonchev–Trinajstić information content (AvgIpc) is 2.78.